The predicted octanol–water partition coefficient (Wildman–Crippen LogP) is 0.626. The van der Waals surface area contributed by atoms with Crippen molar-refractivity contribution >= 4 is 11.9 Å². The van der Waals surface area contributed by atoms with Gasteiger partial charge >= 0.3 is 5.97 Å². The zero-order valence-corrected chi connectivity index (χ0v) is 10.5. The molecule has 1 unspecified atom stereocenters. The van der Waals surface area contributed by atoms with E-state index in [4.69, 9.17) is 9.84 Å². The van der Waals surface area contributed by atoms with Crippen molar-refractivity contribution in [2.45, 2.75) is 13.0 Å². The van der Waals surface area contributed by atoms with Gasteiger partial charge in [-0.15, -0.1) is 0 Å². The van der Waals surface area contributed by atoms with Crippen molar-refractivity contribution in [3.8, 4) is 5.75 Å². The number of benzene rings is 1. The summed E-state index contributed by atoms with van der Waals surface area (Å²) in [5, 5.41) is 18.2. The maximum atomic E-state index is 12.3. The maximum Gasteiger partial charge on any atom is 0.334 e. The van der Waals surface area contributed by atoms with Crippen LogP contribution in [0.3, 0.4) is 0 Å². The second-order valence-electron chi connectivity index (χ2n) is 4.45. The Bertz CT molecular complexity index is 514. The average molecular weight is 265 g/mol. The summed E-state index contributed by atoms with van der Waals surface area (Å²) in [6.07, 6.45) is -0.977. The number of morpholine rings is 1. The summed E-state index contributed by atoms with van der Waals surface area (Å²) in [6, 6.07) is 4.48. The Morgan fingerprint density at radius 3 is 2.79 bits per heavy atom. The van der Waals surface area contributed by atoms with Gasteiger partial charge in [0, 0.05) is 12.1 Å². The van der Waals surface area contributed by atoms with Crippen LogP contribution in [0.25, 0.3) is 0 Å². The van der Waals surface area contributed by atoms with Crippen LogP contribution in [0, 0.1) is 6.92 Å². The van der Waals surface area contributed by atoms with Gasteiger partial charge in [0.15, 0.2) is 6.10 Å². The monoisotopic (exact) mass is 265 g/mol. The smallest absolute Gasteiger partial charge is 0.334 e. The minimum atomic E-state index is -1.07. The van der Waals surface area contributed by atoms with Crippen LogP contribution >= 0.6 is 0 Å². The van der Waals surface area contributed by atoms with Crippen LogP contribution < -0.4 is 0 Å². The van der Waals surface area contributed by atoms with E-state index in [1.54, 1.807) is 6.92 Å². The first-order chi connectivity index (χ1) is 8.99. The van der Waals surface area contributed by atoms with E-state index in [1.165, 1.54) is 23.1 Å². The standard InChI is InChI=1S/C13H15NO5/c1-8-6-9(15)2-3-10(8)12(16)14-4-5-19-11(7-14)13(17)18/h2-3,6,11,15H,4-5,7H2,1H3,(H,17,18). The lowest BCUT2D eigenvalue weighted by molar-refractivity contribution is -0.154. The first-order valence-electron chi connectivity index (χ1n) is 5.92. The van der Waals surface area contributed by atoms with E-state index >= 15 is 0 Å². The number of amides is 1. The molecule has 0 aromatic heterocycles. The molecule has 0 radical (unpaired) electrons. The Hall–Kier alpha value is -2.08. The zero-order chi connectivity index (χ0) is 14.0. The molecule has 0 saturated carbocycles. The number of phenols is 1. The van der Waals surface area contributed by atoms with E-state index in [2.05, 4.69) is 0 Å². The third kappa shape index (κ3) is 2.85. The molecule has 1 saturated heterocycles. The number of aliphatic carboxylic acids is 1. The fraction of sp³-hybridized carbons (Fsp3) is 0.385. The first-order valence-corrected chi connectivity index (χ1v) is 5.92. The quantitative estimate of drug-likeness (QED) is 0.818. The molecule has 19 heavy (non-hydrogen) atoms. The van der Waals surface area contributed by atoms with Gasteiger partial charge in [0.1, 0.15) is 5.75 Å². The van der Waals surface area contributed by atoms with Gasteiger partial charge in [-0.2, -0.15) is 0 Å². The highest BCUT2D eigenvalue weighted by Crippen LogP contribution is 2.18. The molecule has 102 valence electrons. The second-order valence-corrected chi connectivity index (χ2v) is 4.45. The highest BCUT2D eigenvalue weighted by Gasteiger charge is 2.29. The minimum Gasteiger partial charge on any atom is -0.508 e. The fourth-order valence-electron chi connectivity index (χ4n) is 2.04. The molecule has 1 aliphatic heterocycles. The number of phenolic OH excluding ortho intramolecular Hbond substituents is 1. The average Bonchev–Trinajstić information content (AvgIpc) is 2.38. The van der Waals surface area contributed by atoms with Crippen LogP contribution in [0.4, 0.5) is 0 Å². The molecule has 0 bridgehead atoms. The summed E-state index contributed by atoms with van der Waals surface area (Å²) in [5.41, 5.74) is 1.12. The van der Waals surface area contributed by atoms with Gasteiger partial charge in [0.2, 0.25) is 0 Å². The number of aryl methyl sites for hydroxylation is 1. The van der Waals surface area contributed by atoms with Crippen LogP contribution in [-0.4, -0.2) is 52.8 Å². The summed E-state index contributed by atoms with van der Waals surface area (Å²) < 4.78 is 5.07. The Morgan fingerprint density at radius 2 is 2.16 bits per heavy atom. The third-order valence-corrected chi connectivity index (χ3v) is 3.07. The number of carbonyl (C=O) groups excluding carboxylic acids is 1. The number of hydrogen-bond donors (Lipinski definition) is 2. The molecule has 0 aliphatic carbocycles. The fourth-order valence-corrected chi connectivity index (χ4v) is 2.04. The number of aromatic hydroxyl groups is 1. The van der Waals surface area contributed by atoms with Crippen molar-refractivity contribution in [1.29, 1.82) is 0 Å². The molecule has 1 fully saturated rings. The molecular weight excluding hydrogens is 250 g/mol. The largest absolute Gasteiger partial charge is 0.508 e. The van der Waals surface area contributed by atoms with Crippen LogP contribution in [0.2, 0.25) is 0 Å². The number of ether oxygens (including phenoxy) is 1. The van der Waals surface area contributed by atoms with E-state index in [9.17, 15) is 14.7 Å². The predicted molar refractivity (Wildman–Crippen MR) is 66.1 cm³/mol. The summed E-state index contributed by atoms with van der Waals surface area (Å²) in [6.45, 7) is 2.33. The van der Waals surface area contributed by atoms with E-state index in [1.807, 2.05) is 0 Å². The lowest BCUT2D eigenvalue weighted by Crippen LogP contribution is -2.48. The lowest BCUT2D eigenvalue weighted by atomic mass is 10.1. The van der Waals surface area contributed by atoms with E-state index < -0.39 is 12.1 Å². The SMILES string of the molecule is Cc1cc(O)ccc1C(=O)N1CCOC(C(=O)O)C1. The summed E-state index contributed by atoms with van der Waals surface area (Å²) >= 11 is 0. The first kappa shape index (κ1) is 13.4. The van der Waals surface area contributed by atoms with Crippen molar-refractivity contribution in [3.05, 3.63) is 29.3 Å². The van der Waals surface area contributed by atoms with Crippen molar-refractivity contribution in [2.24, 2.45) is 0 Å². The highest BCUT2D eigenvalue weighted by atomic mass is 16.5. The molecule has 6 heteroatoms. The van der Waals surface area contributed by atoms with Crippen molar-refractivity contribution in [1.82, 2.24) is 4.90 Å². The number of carboxylic acids is 1. The lowest BCUT2D eigenvalue weighted by Gasteiger charge is -2.31. The van der Waals surface area contributed by atoms with Crippen LogP contribution in [0.1, 0.15) is 15.9 Å². The van der Waals surface area contributed by atoms with E-state index in [0.717, 1.165) is 0 Å². The molecule has 0 spiro atoms. The van der Waals surface area contributed by atoms with Crippen LogP contribution in [-0.2, 0) is 9.53 Å². The zero-order valence-electron chi connectivity index (χ0n) is 10.5. The molecule has 1 heterocycles. The Kier molecular flexibility index (Phi) is 3.71. The van der Waals surface area contributed by atoms with Gasteiger partial charge in [0.05, 0.1) is 13.2 Å². The van der Waals surface area contributed by atoms with Crippen molar-refractivity contribution < 1.29 is 24.5 Å². The van der Waals surface area contributed by atoms with Gasteiger partial charge < -0.3 is 19.8 Å². The molecule has 1 aromatic carbocycles. The molecular formula is C13H15NO5. The van der Waals surface area contributed by atoms with Crippen LogP contribution in [0.15, 0.2) is 18.2 Å². The van der Waals surface area contributed by atoms with E-state index in [0.29, 0.717) is 17.7 Å². The molecule has 1 atom stereocenters. The Morgan fingerprint density at radius 1 is 1.42 bits per heavy atom. The van der Waals surface area contributed by atoms with Gasteiger partial charge in [-0.3, -0.25) is 4.79 Å². The Balaban J connectivity index is 2.17. The second kappa shape index (κ2) is 5.27. The molecule has 2 N–H and O–H groups in total. The maximum absolute atomic E-state index is 12.3. The normalized spacial score (nSPS) is 19.2. The number of nitrogens with zero attached hydrogens (tertiary/aromatic N) is 1. The Labute approximate surface area is 110 Å². The van der Waals surface area contributed by atoms with Gasteiger partial charge in [-0.1, -0.05) is 0 Å². The number of rotatable bonds is 2. The van der Waals surface area contributed by atoms with Gasteiger partial charge in [0.25, 0.3) is 5.91 Å². The molecule has 2 rings (SSSR count). The van der Waals surface area contributed by atoms with Crippen molar-refractivity contribution in [3.63, 3.8) is 0 Å². The van der Waals surface area contributed by atoms with Gasteiger partial charge in [-0.25, -0.2) is 4.79 Å². The van der Waals surface area contributed by atoms with E-state index in [-0.39, 0.29) is 24.8 Å². The van der Waals surface area contributed by atoms with Gasteiger partial charge in [-0.05, 0) is 30.7 Å². The molecule has 1 aliphatic rings. The summed E-state index contributed by atoms with van der Waals surface area (Å²) in [5.74, 6) is -1.22. The summed E-state index contributed by atoms with van der Waals surface area (Å²) in [4.78, 5) is 24.6. The highest BCUT2D eigenvalue weighted by molar-refractivity contribution is 5.96. The minimum absolute atomic E-state index is 0.0362. The topological polar surface area (TPSA) is 87.1 Å². The number of hydrogen-bond acceptors (Lipinski definition) is 4. The number of carbonyl (C=O) groups is 2. The third-order valence-electron chi connectivity index (χ3n) is 3.07. The molecule has 6 nitrogen and oxygen atoms in total. The molecule has 1 amide bonds. The van der Waals surface area contributed by atoms with Crippen molar-refractivity contribution in [2.75, 3.05) is 19.7 Å². The molecule has 1 aromatic rings. The number of carboxylic acid groups (broad SMARTS) is 1. The van der Waals surface area contributed by atoms with Crippen LogP contribution in [0.5, 0.6) is 5.75 Å². The summed E-state index contributed by atoms with van der Waals surface area (Å²) in [7, 11) is 0.